The maximum absolute atomic E-state index is 12.3. The Balaban J connectivity index is 4.53. The largest absolute Gasteiger partial charge is 0.298 e. The second-order valence-electron chi connectivity index (χ2n) is 4.40. The SMILES string of the molecule is C=CCCCC(=O)C(C)(CC)N(CC)CC. The normalized spacial score (nSPS) is 14.8. The number of carbonyl (C=O) groups is 1. The van der Waals surface area contributed by atoms with E-state index in [0.29, 0.717) is 12.2 Å². The topological polar surface area (TPSA) is 20.3 Å². The van der Waals surface area contributed by atoms with E-state index in [1.54, 1.807) is 0 Å². The molecular formula is C14H27NO. The lowest BCUT2D eigenvalue weighted by Gasteiger charge is -2.38. The molecule has 0 bridgehead atoms. The van der Waals surface area contributed by atoms with Gasteiger partial charge in [-0.3, -0.25) is 9.69 Å². The van der Waals surface area contributed by atoms with Crippen LogP contribution in [0.5, 0.6) is 0 Å². The summed E-state index contributed by atoms with van der Waals surface area (Å²) in [6.45, 7) is 14.0. The molecule has 0 saturated carbocycles. The molecule has 0 spiro atoms. The van der Waals surface area contributed by atoms with Gasteiger partial charge in [0.25, 0.3) is 0 Å². The Bertz CT molecular complexity index is 221. The molecule has 1 unspecified atom stereocenters. The Morgan fingerprint density at radius 3 is 2.25 bits per heavy atom. The van der Waals surface area contributed by atoms with E-state index >= 15 is 0 Å². The Morgan fingerprint density at radius 1 is 1.31 bits per heavy atom. The van der Waals surface area contributed by atoms with Crippen molar-refractivity contribution < 1.29 is 4.79 Å². The molecule has 0 saturated heterocycles. The monoisotopic (exact) mass is 225 g/mol. The third-order valence-electron chi connectivity index (χ3n) is 3.56. The standard InChI is InChI=1S/C14H27NO/c1-6-10-11-12-13(16)14(5,7-2)15(8-3)9-4/h6H,1,7-12H2,2-5H3. The Hall–Kier alpha value is -0.630. The van der Waals surface area contributed by atoms with Crippen molar-refractivity contribution in [2.75, 3.05) is 13.1 Å². The van der Waals surface area contributed by atoms with Crippen LogP contribution in [0, 0.1) is 0 Å². The number of ketones is 1. The van der Waals surface area contributed by atoms with E-state index in [9.17, 15) is 4.79 Å². The van der Waals surface area contributed by atoms with Crippen molar-refractivity contribution in [1.82, 2.24) is 4.90 Å². The fourth-order valence-corrected chi connectivity index (χ4v) is 2.19. The molecule has 0 aromatic carbocycles. The highest BCUT2D eigenvalue weighted by atomic mass is 16.1. The van der Waals surface area contributed by atoms with Crippen molar-refractivity contribution in [1.29, 1.82) is 0 Å². The van der Waals surface area contributed by atoms with Crippen LogP contribution in [-0.2, 0) is 4.79 Å². The van der Waals surface area contributed by atoms with Gasteiger partial charge in [0.05, 0.1) is 5.54 Å². The third kappa shape index (κ3) is 3.75. The van der Waals surface area contributed by atoms with E-state index in [0.717, 1.165) is 32.4 Å². The number of likely N-dealkylation sites (N-methyl/N-ethyl adjacent to an activating group) is 1. The first kappa shape index (κ1) is 15.4. The van der Waals surface area contributed by atoms with Crippen molar-refractivity contribution in [3.63, 3.8) is 0 Å². The zero-order valence-corrected chi connectivity index (χ0v) is 11.4. The minimum atomic E-state index is -0.273. The van der Waals surface area contributed by atoms with Crippen LogP contribution in [0.2, 0.25) is 0 Å². The van der Waals surface area contributed by atoms with Crippen molar-refractivity contribution in [2.24, 2.45) is 0 Å². The zero-order chi connectivity index (χ0) is 12.6. The van der Waals surface area contributed by atoms with Crippen molar-refractivity contribution in [2.45, 2.75) is 58.9 Å². The summed E-state index contributed by atoms with van der Waals surface area (Å²) in [5.74, 6) is 0.376. The van der Waals surface area contributed by atoms with Gasteiger partial charge in [-0.25, -0.2) is 0 Å². The van der Waals surface area contributed by atoms with Gasteiger partial charge in [-0.15, -0.1) is 6.58 Å². The van der Waals surface area contributed by atoms with E-state index < -0.39 is 0 Å². The minimum absolute atomic E-state index is 0.273. The second-order valence-corrected chi connectivity index (χ2v) is 4.40. The lowest BCUT2D eigenvalue weighted by Crippen LogP contribution is -2.51. The summed E-state index contributed by atoms with van der Waals surface area (Å²) < 4.78 is 0. The number of Topliss-reactive ketones (excluding diaryl/α,β-unsaturated/α-hetero) is 1. The molecule has 1 atom stereocenters. The highest BCUT2D eigenvalue weighted by Crippen LogP contribution is 2.22. The smallest absolute Gasteiger partial charge is 0.152 e. The van der Waals surface area contributed by atoms with Gasteiger partial charge < -0.3 is 0 Å². The molecule has 2 nitrogen and oxygen atoms in total. The third-order valence-corrected chi connectivity index (χ3v) is 3.56. The average Bonchev–Trinajstić information content (AvgIpc) is 2.30. The Kier molecular flexibility index (Phi) is 7.31. The van der Waals surface area contributed by atoms with Crippen LogP contribution in [0.25, 0.3) is 0 Å². The fraction of sp³-hybridized carbons (Fsp3) is 0.786. The molecule has 2 heteroatoms. The number of unbranched alkanes of at least 4 members (excludes halogenated alkanes) is 1. The molecule has 0 rings (SSSR count). The summed E-state index contributed by atoms with van der Waals surface area (Å²) >= 11 is 0. The summed E-state index contributed by atoms with van der Waals surface area (Å²) in [6.07, 6.45) is 5.31. The van der Waals surface area contributed by atoms with Crippen LogP contribution < -0.4 is 0 Å². The fourth-order valence-electron chi connectivity index (χ4n) is 2.19. The van der Waals surface area contributed by atoms with E-state index in [-0.39, 0.29) is 5.54 Å². The number of nitrogens with zero attached hydrogens (tertiary/aromatic N) is 1. The average molecular weight is 225 g/mol. The summed E-state index contributed by atoms with van der Waals surface area (Å²) in [4.78, 5) is 14.5. The predicted molar refractivity (Wildman–Crippen MR) is 70.7 cm³/mol. The van der Waals surface area contributed by atoms with Gasteiger partial charge >= 0.3 is 0 Å². The molecule has 0 aliphatic carbocycles. The summed E-state index contributed by atoms with van der Waals surface area (Å²) in [6, 6.07) is 0. The minimum Gasteiger partial charge on any atom is -0.298 e. The first-order chi connectivity index (χ1) is 7.56. The van der Waals surface area contributed by atoms with Gasteiger partial charge in [0.15, 0.2) is 5.78 Å². The van der Waals surface area contributed by atoms with Crippen molar-refractivity contribution in [3.05, 3.63) is 12.7 Å². The van der Waals surface area contributed by atoms with Crippen LogP contribution >= 0.6 is 0 Å². The van der Waals surface area contributed by atoms with Crippen LogP contribution in [0.1, 0.15) is 53.4 Å². The summed E-state index contributed by atoms with van der Waals surface area (Å²) in [5.41, 5.74) is -0.273. The first-order valence-electron chi connectivity index (χ1n) is 6.46. The zero-order valence-electron chi connectivity index (χ0n) is 11.4. The van der Waals surface area contributed by atoms with Gasteiger partial charge in [-0.2, -0.15) is 0 Å². The second kappa shape index (κ2) is 7.61. The summed E-state index contributed by atoms with van der Waals surface area (Å²) in [7, 11) is 0. The highest BCUT2D eigenvalue weighted by Gasteiger charge is 2.34. The van der Waals surface area contributed by atoms with Crippen molar-refractivity contribution >= 4 is 5.78 Å². The van der Waals surface area contributed by atoms with Crippen LogP contribution in [-0.4, -0.2) is 29.3 Å². The molecule has 16 heavy (non-hydrogen) atoms. The Morgan fingerprint density at radius 2 is 1.88 bits per heavy atom. The van der Waals surface area contributed by atoms with E-state index in [4.69, 9.17) is 0 Å². The van der Waals surface area contributed by atoms with Gasteiger partial charge in [-0.05, 0) is 39.3 Å². The quantitative estimate of drug-likeness (QED) is 0.442. The van der Waals surface area contributed by atoms with Crippen LogP contribution in [0.15, 0.2) is 12.7 Å². The first-order valence-corrected chi connectivity index (χ1v) is 6.46. The molecule has 0 aromatic heterocycles. The van der Waals surface area contributed by atoms with E-state index in [1.165, 1.54) is 0 Å². The predicted octanol–water partition coefficient (Wildman–Crippen LogP) is 3.42. The molecule has 0 heterocycles. The highest BCUT2D eigenvalue weighted by molar-refractivity contribution is 5.87. The molecule has 0 aromatic rings. The number of rotatable bonds is 9. The molecular weight excluding hydrogens is 198 g/mol. The van der Waals surface area contributed by atoms with E-state index in [1.807, 2.05) is 6.08 Å². The number of allylic oxidation sites excluding steroid dienone is 1. The van der Waals surface area contributed by atoms with Gasteiger partial charge in [-0.1, -0.05) is 26.8 Å². The molecule has 0 fully saturated rings. The number of hydrogen-bond acceptors (Lipinski definition) is 2. The van der Waals surface area contributed by atoms with Crippen LogP contribution in [0.4, 0.5) is 0 Å². The van der Waals surface area contributed by atoms with E-state index in [2.05, 4.69) is 39.2 Å². The molecule has 0 radical (unpaired) electrons. The molecule has 0 N–H and O–H groups in total. The molecule has 0 amide bonds. The van der Waals surface area contributed by atoms with Gasteiger partial charge in [0.1, 0.15) is 0 Å². The molecule has 0 aliphatic heterocycles. The van der Waals surface area contributed by atoms with Crippen molar-refractivity contribution in [3.8, 4) is 0 Å². The van der Waals surface area contributed by atoms with Crippen LogP contribution in [0.3, 0.4) is 0 Å². The Labute approximate surface area is 101 Å². The number of carbonyl (C=O) groups excluding carboxylic acids is 1. The maximum Gasteiger partial charge on any atom is 0.152 e. The van der Waals surface area contributed by atoms with Gasteiger partial charge in [0.2, 0.25) is 0 Å². The molecule has 94 valence electrons. The lowest BCUT2D eigenvalue weighted by atomic mass is 9.88. The maximum atomic E-state index is 12.3. The summed E-state index contributed by atoms with van der Waals surface area (Å²) in [5, 5.41) is 0. The van der Waals surface area contributed by atoms with Gasteiger partial charge in [0, 0.05) is 6.42 Å². The number of hydrogen-bond donors (Lipinski definition) is 0. The lowest BCUT2D eigenvalue weighted by molar-refractivity contribution is -0.130. The molecule has 0 aliphatic rings.